The van der Waals surface area contributed by atoms with Gasteiger partial charge in [-0.1, -0.05) is 25.8 Å². The van der Waals surface area contributed by atoms with Crippen molar-refractivity contribution < 1.29 is 4.74 Å². The van der Waals surface area contributed by atoms with Gasteiger partial charge in [0, 0.05) is 18.1 Å². The van der Waals surface area contributed by atoms with Crippen LogP contribution in [-0.2, 0) is 0 Å². The summed E-state index contributed by atoms with van der Waals surface area (Å²) < 4.78 is 5.43. The third-order valence-corrected chi connectivity index (χ3v) is 5.35. The number of nitrogens with zero attached hydrogens (tertiary/aromatic N) is 4. The van der Waals surface area contributed by atoms with Gasteiger partial charge >= 0.3 is 0 Å². The van der Waals surface area contributed by atoms with E-state index in [0.29, 0.717) is 12.4 Å². The zero-order chi connectivity index (χ0) is 22.9. The highest BCUT2D eigenvalue weighted by molar-refractivity contribution is 5.84. The quantitative estimate of drug-likeness (QED) is 0.145. The first-order valence-electron chi connectivity index (χ1n) is 10.8. The van der Waals surface area contributed by atoms with E-state index >= 15 is 0 Å². The highest BCUT2D eigenvalue weighted by atomic mass is 16.5. The van der Waals surface area contributed by atoms with Crippen LogP contribution in [0.15, 0.2) is 42.6 Å². The molecule has 0 amide bonds. The summed E-state index contributed by atoms with van der Waals surface area (Å²) in [5, 5.41) is 9.61. The summed E-state index contributed by atoms with van der Waals surface area (Å²) >= 11 is 0. The second-order valence-corrected chi connectivity index (χ2v) is 7.77. The van der Waals surface area contributed by atoms with Crippen molar-refractivity contribution in [2.45, 2.75) is 38.5 Å². The molecule has 0 saturated heterocycles. The fourth-order valence-electron chi connectivity index (χ4n) is 3.53. The van der Waals surface area contributed by atoms with Gasteiger partial charge in [-0.3, -0.25) is 15.4 Å². The average Bonchev–Trinajstić information content (AvgIpc) is 2.81. The summed E-state index contributed by atoms with van der Waals surface area (Å²) in [6, 6.07) is 11.7. The van der Waals surface area contributed by atoms with E-state index in [-0.39, 0.29) is 11.9 Å². The first-order chi connectivity index (χ1) is 15.5. The summed E-state index contributed by atoms with van der Waals surface area (Å²) in [6.07, 6.45) is 9.50. The molecule has 0 aliphatic carbocycles. The topological polar surface area (TPSA) is 127 Å². The molecule has 2 heterocycles. The standard InChI is InChI=1S/C24H31N7O/c1-17(8-4-3-7-15-31(27)24(25)26)23-20-16-19(32-2)11-12-21(20)29-22(30-23)13-10-18-9-5-6-14-28-18/h5-6,9-14,16-17H,3-4,7-8,15,27H2,1-2H3,(H3,25,26). The number of unbranched alkanes of at least 4 members (excludes halogenated alkanes) is 2. The van der Waals surface area contributed by atoms with E-state index in [1.807, 2.05) is 48.6 Å². The maximum absolute atomic E-state index is 7.33. The fraction of sp³-hybridized carbons (Fsp3) is 0.333. The van der Waals surface area contributed by atoms with Crippen LogP contribution in [0.25, 0.3) is 23.1 Å². The van der Waals surface area contributed by atoms with E-state index in [0.717, 1.165) is 53.7 Å². The predicted octanol–water partition coefficient (Wildman–Crippen LogP) is 3.94. The molecule has 0 fully saturated rings. The largest absolute Gasteiger partial charge is 0.497 e. The van der Waals surface area contributed by atoms with E-state index in [1.165, 1.54) is 5.01 Å². The number of nitrogens with two attached hydrogens (primary N) is 2. The Morgan fingerprint density at radius 1 is 1.16 bits per heavy atom. The third-order valence-electron chi connectivity index (χ3n) is 5.35. The Kier molecular flexibility index (Phi) is 8.10. The Morgan fingerprint density at radius 3 is 2.72 bits per heavy atom. The number of ether oxygens (including phenoxy) is 1. The molecule has 0 spiro atoms. The molecule has 0 aliphatic heterocycles. The molecule has 0 saturated carbocycles. The lowest BCUT2D eigenvalue weighted by molar-refractivity contribution is 0.408. The lowest BCUT2D eigenvalue weighted by Gasteiger charge is -2.17. The molecule has 8 nitrogen and oxygen atoms in total. The Morgan fingerprint density at radius 2 is 2.00 bits per heavy atom. The number of methoxy groups -OCH3 is 1. The van der Waals surface area contributed by atoms with Gasteiger partial charge in [0.15, 0.2) is 5.82 Å². The smallest absolute Gasteiger partial charge is 0.202 e. The van der Waals surface area contributed by atoms with Crippen LogP contribution in [0.1, 0.15) is 55.7 Å². The van der Waals surface area contributed by atoms with Crippen molar-refractivity contribution in [3.63, 3.8) is 0 Å². The van der Waals surface area contributed by atoms with E-state index in [9.17, 15) is 0 Å². The minimum absolute atomic E-state index is 0.106. The number of nitrogens with one attached hydrogen (secondary N) is 1. The number of hydrogen-bond donors (Lipinski definition) is 3. The van der Waals surface area contributed by atoms with Crippen LogP contribution < -0.4 is 16.3 Å². The van der Waals surface area contributed by atoms with E-state index < -0.39 is 0 Å². The molecule has 1 atom stereocenters. The molecule has 0 aliphatic rings. The summed E-state index contributed by atoms with van der Waals surface area (Å²) in [7, 11) is 1.66. The average molecular weight is 434 g/mol. The summed E-state index contributed by atoms with van der Waals surface area (Å²) in [5.74, 6) is 7.26. The molecule has 0 bridgehead atoms. The van der Waals surface area contributed by atoms with Crippen molar-refractivity contribution >= 4 is 29.0 Å². The van der Waals surface area contributed by atoms with Gasteiger partial charge in [0.25, 0.3) is 0 Å². The van der Waals surface area contributed by atoms with Gasteiger partial charge in [-0.05, 0) is 61.2 Å². The fourth-order valence-corrected chi connectivity index (χ4v) is 3.53. The van der Waals surface area contributed by atoms with Crippen molar-refractivity contribution in [1.82, 2.24) is 20.0 Å². The lowest BCUT2D eigenvalue weighted by atomic mass is 9.96. The van der Waals surface area contributed by atoms with Crippen molar-refractivity contribution in [2.75, 3.05) is 13.7 Å². The van der Waals surface area contributed by atoms with Crippen LogP contribution in [0.5, 0.6) is 5.75 Å². The maximum Gasteiger partial charge on any atom is 0.202 e. The Bertz CT molecular complexity index is 1070. The van der Waals surface area contributed by atoms with E-state index in [2.05, 4.69) is 11.9 Å². The molecular formula is C24H31N7O. The molecule has 2 aromatic heterocycles. The second kappa shape index (κ2) is 11.2. The Hall–Kier alpha value is -3.52. The first kappa shape index (κ1) is 23.1. The number of benzene rings is 1. The minimum atomic E-state index is -0.106. The number of rotatable bonds is 10. The van der Waals surface area contributed by atoms with Crippen molar-refractivity contribution in [2.24, 2.45) is 11.6 Å². The van der Waals surface area contributed by atoms with Gasteiger partial charge in [0.1, 0.15) is 5.75 Å². The third kappa shape index (κ3) is 6.24. The number of guanidine groups is 1. The van der Waals surface area contributed by atoms with Crippen LogP contribution in [0.2, 0.25) is 0 Å². The zero-order valence-corrected chi connectivity index (χ0v) is 18.7. The van der Waals surface area contributed by atoms with Crippen LogP contribution >= 0.6 is 0 Å². The monoisotopic (exact) mass is 433 g/mol. The van der Waals surface area contributed by atoms with Gasteiger partial charge in [-0.2, -0.15) is 0 Å². The molecule has 3 rings (SSSR count). The first-order valence-corrected chi connectivity index (χ1v) is 10.8. The normalized spacial score (nSPS) is 12.2. The minimum Gasteiger partial charge on any atom is -0.497 e. The molecular weight excluding hydrogens is 402 g/mol. The second-order valence-electron chi connectivity index (χ2n) is 7.77. The molecule has 32 heavy (non-hydrogen) atoms. The van der Waals surface area contributed by atoms with Crippen LogP contribution in [-0.4, -0.2) is 39.6 Å². The van der Waals surface area contributed by atoms with Gasteiger partial charge < -0.3 is 10.5 Å². The molecule has 1 aromatic carbocycles. The molecule has 5 N–H and O–H groups in total. The summed E-state index contributed by atoms with van der Waals surface area (Å²) in [4.78, 5) is 13.9. The van der Waals surface area contributed by atoms with E-state index in [1.54, 1.807) is 13.3 Å². The van der Waals surface area contributed by atoms with Crippen molar-refractivity contribution in [3.8, 4) is 5.75 Å². The van der Waals surface area contributed by atoms with Gasteiger partial charge in [0.2, 0.25) is 5.96 Å². The van der Waals surface area contributed by atoms with Crippen LogP contribution in [0.4, 0.5) is 0 Å². The molecule has 168 valence electrons. The number of pyridine rings is 1. The summed E-state index contributed by atoms with van der Waals surface area (Å²) in [6.45, 7) is 2.78. The van der Waals surface area contributed by atoms with Gasteiger partial charge in [-0.15, -0.1) is 0 Å². The van der Waals surface area contributed by atoms with Crippen molar-refractivity contribution in [3.05, 3.63) is 59.8 Å². The molecule has 0 radical (unpaired) electrons. The highest BCUT2D eigenvalue weighted by Gasteiger charge is 2.14. The summed E-state index contributed by atoms with van der Waals surface area (Å²) in [5.41, 5.74) is 8.14. The van der Waals surface area contributed by atoms with E-state index in [4.69, 9.17) is 31.7 Å². The van der Waals surface area contributed by atoms with Crippen LogP contribution in [0.3, 0.4) is 0 Å². The van der Waals surface area contributed by atoms with Crippen molar-refractivity contribution in [1.29, 1.82) is 5.41 Å². The number of hydrogen-bond acceptors (Lipinski definition) is 6. The number of fused-ring (bicyclic) bond motifs is 1. The highest BCUT2D eigenvalue weighted by Crippen LogP contribution is 2.30. The maximum atomic E-state index is 7.33. The number of aromatic nitrogens is 3. The Balaban J connectivity index is 1.78. The Labute approximate surface area is 188 Å². The molecule has 8 heteroatoms. The lowest BCUT2D eigenvalue weighted by Crippen LogP contribution is -2.42. The van der Waals surface area contributed by atoms with Gasteiger partial charge in [-0.25, -0.2) is 15.8 Å². The molecule has 3 aromatic rings. The SMILES string of the molecule is COc1ccc2nc(C=Cc3ccccn3)nc(C(C)CCCCCN(N)C(=N)N)c2c1. The van der Waals surface area contributed by atoms with Crippen LogP contribution in [0, 0.1) is 5.41 Å². The molecule has 1 unspecified atom stereocenters. The number of hydrazine groups is 1. The zero-order valence-electron chi connectivity index (χ0n) is 18.7. The van der Waals surface area contributed by atoms with Gasteiger partial charge in [0.05, 0.1) is 24.0 Å². The predicted molar refractivity (Wildman–Crippen MR) is 129 cm³/mol.